The Hall–Kier alpha value is -1.86. The highest BCUT2D eigenvalue weighted by Gasteiger charge is 2.07. The molecule has 0 atom stereocenters. The van der Waals surface area contributed by atoms with Crippen LogP contribution in [0.1, 0.15) is 22.3 Å². The second-order valence-electron chi connectivity index (χ2n) is 4.71. The minimum Gasteiger partial charge on any atom is -0.380 e. The van der Waals surface area contributed by atoms with Gasteiger partial charge in [0.15, 0.2) is 0 Å². The lowest BCUT2D eigenvalue weighted by molar-refractivity contribution is 0.612. The van der Waals surface area contributed by atoms with E-state index >= 15 is 0 Å². The molecule has 0 saturated heterocycles. The summed E-state index contributed by atoms with van der Waals surface area (Å²) in [5.74, 6) is -0.363. The highest BCUT2D eigenvalue weighted by molar-refractivity contribution is 9.10. The van der Waals surface area contributed by atoms with E-state index in [2.05, 4.69) is 27.3 Å². The van der Waals surface area contributed by atoms with E-state index in [0.29, 0.717) is 17.7 Å². The molecule has 0 bridgehead atoms. The Morgan fingerprint density at radius 1 is 1.25 bits per heavy atom. The molecule has 0 unspecified atom stereocenters. The SMILES string of the molecule is Cc1cc(C)c(NCc2ccc(C#N)cc2F)c(Br)c1. The van der Waals surface area contributed by atoms with Crippen LogP contribution in [-0.4, -0.2) is 0 Å². The van der Waals surface area contributed by atoms with E-state index in [1.807, 2.05) is 26.0 Å². The van der Waals surface area contributed by atoms with E-state index in [1.165, 1.54) is 11.6 Å². The molecular formula is C16H14BrFN2. The molecule has 0 heterocycles. The van der Waals surface area contributed by atoms with Crippen molar-refractivity contribution in [1.82, 2.24) is 0 Å². The van der Waals surface area contributed by atoms with Gasteiger partial charge in [-0.25, -0.2) is 4.39 Å². The normalized spacial score (nSPS) is 10.2. The minimum atomic E-state index is -0.363. The average molecular weight is 333 g/mol. The van der Waals surface area contributed by atoms with E-state index in [1.54, 1.807) is 12.1 Å². The van der Waals surface area contributed by atoms with Crippen LogP contribution in [0.4, 0.5) is 10.1 Å². The van der Waals surface area contributed by atoms with Gasteiger partial charge >= 0.3 is 0 Å². The van der Waals surface area contributed by atoms with Crippen molar-refractivity contribution in [2.45, 2.75) is 20.4 Å². The molecule has 0 radical (unpaired) electrons. The van der Waals surface area contributed by atoms with Gasteiger partial charge in [0.05, 0.1) is 17.3 Å². The van der Waals surface area contributed by atoms with Gasteiger partial charge in [-0.05, 0) is 59.1 Å². The average Bonchev–Trinajstić information content (AvgIpc) is 2.39. The quantitative estimate of drug-likeness (QED) is 0.885. The van der Waals surface area contributed by atoms with Crippen molar-refractivity contribution in [2.24, 2.45) is 0 Å². The third kappa shape index (κ3) is 3.17. The van der Waals surface area contributed by atoms with Crippen molar-refractivity contribution >= 4 is 21.6 Å². The Bertz CT molecular complexity index is 666. The van der Waals surface area contributed by atoms with Crippen molar-refractivity contribution in [3.05, 3.63) is 62.9 Å². The molecule has 0 spiro atoms. The number of nitrogens with zero attached hydrogens (tertiary/aromatic N) is 1. The molecule has 0 aliphatic carbocycles. The largest absolute Gasteiger partial charge is 0.380 e. The van der Waals surface area contributed by atoms with Crippen LogP contribution in [0, 0.1) is 31.0 Å². The fraction of sp³-hybridized carbons (Fsp3) is 0.188. The molecule has 2 aromatic carbocycles. The first-order chi connectivity index (χ1) is 9.51. The summed E-state index contributed by atoms with van der Waals surface area (Å²) in [7, 11) is 0. The van der Waals surface area contributed by atoms with Crippen LogP contribution >= 0.6 is 15.9 Å². The van der Waals surface area contributed by atoms with E-state index in [9.17, 15) is 4.39 Å². The molecular weight excluding hydrogens is 319 g/mol. The second kappa shape index (κ2) is 6.06. The fourth-order valence-corrected chi connectivity index (χ4v) is 2.90. The predicted molar refractivity (Wildman–Crippen MR) is 82.1 cm³/mol. The van der Waals surface area contributed by atoms with Gasteiger partial charge in [-0.1, -0.05) is 12.1 Å². The van der Waals surface area contributed by atoms with Gasteiger partial charge in [0.25, 0.3) is 0 Å². The van der Waals surface area contributed by atoms with Crippen molar-refractivity contribution in [2.75, 3.05) is 5.32 Å². The van der Waals surface area contributed by atoms with Gasteiger partial charge in [-0.2, -0.15) is 5.26 Å². The molecule has 4 heteroatoms. The molecule has 0 aromatic heterocycles. The topological polar surface area (TPSA) is 35.8 Å². The van der Waals surface area contributed by atoms with Crippen LogP contribution in [0.15, 0.2) is 34.8 Å². The molecule has 2 rings (SSSR count). The number of rotatable bonds is 3. The van der Waals surface area contributed by atoms with Gasteiger partial charge < -0.3 is 5.32 Å². The number of benzene rings is 2. The summed E-state index contributed by atoms with van der Waals surface area (Å²) in [5.41, 5.74) is 4.10. The third-order valence-corrected chi connectivity index (χ3v) is 3.69. The lowest BCUT2D eigenvalue weighted by atomic mass is 10.1. The zero-order valence-corrected chi connectivity index (χ0v) is 12.9. The Kier molecular flexibility index (Phi) is 4.41. The molecule has 0 saturated carbocycles. The first-order valence-electron chi connectivity index (χ1n) is 6.20. The fourth-order valence-electron chi connectivity index (χ4n) is 2.08. The van der Waals surface area contributed by atoms with E-state index in [-0.39, 0.29) is 5.82 Å². The van der Waals surface area contributed by atoms with Crippen LogP contribution in [0.5, 0.6) is 0 Å². The first-order valence-corrected chi connectivity index (χ1v) is 6.99. The van der Waals surface area contributed by atoms with E-state index in [0.717, 1.165) is 15.7 Å². The Morgan fingerprint density at radius 2 is 2.00 bits per heavy atom. The zero-order chi connectivity index (χ0) is 14.7. The number of halogens is 2. The molecule has 0 amide bonds. The number of anilines is 1. The van der Waals surface area contributed by atoms with Crippen LogP contribution in [0.3, 0.4) is 0 Å². The van der Waals surface area contributed by atoms with Crippen molar-refractivity contribution in [3.8, 4) is 6.07 Å². The van der Waals surface area contributed by atoms with Gasteiger partial charge in [-0.3, -0.25) is 0 Å². The molecule has 0 aliphatic rings. The Morgan fingerprint density at radius 3 is 2.60 bits per heavy atom. The van der Waals surface area contributed by atoms with Gasteiger partial charge in [0.2, 0.25) is 0 Å². The summed E-state index contributed by atoms with van der Waals surface area (Å²) in [5, 5.41) is 12.0. The summed E-state index contributed by atoms with van der Waals surface area (Å²) in [6, 6.07) is 10.5. The Balaban J connectivity index is 2.20. The lowest BCUT2D eigenvalue weighted by Gasteiger charge is -2.13. The van der Waals surface area contributed by atoms with Crippen LogP contribution in [0.2, 0.25) is 0 Å². The standard InChI is InChI=1S/C16H14BrFN2/c1-10-5-11(2)16(14(17)6-10)20-9-13-4-3-12(8-19)7-15(13)18/h3-7,20H,9H2,1-2H3. The molecule has 2 nitrogen and oxygen atoms in total. The van der Waals surface area contributed by atoms with Crippen molar-refractivity contribution in [1.29, 1.82) is 5.26 Å². The number of nitriles is 1. The minimum absolute atomic E-state index is 0.332. The number of nitrogens with one attached hydrogen (secondary N) is 1. The Labute approximate surface area is 126 Å². The number of hydrogen-bond donors (Lipinski definition) is 1. The van der Waals surface area contributed by atoms with Crippen LogP contribution < -0.4 is 5.32 Å². The summed E-state index contributed by atoms with van der Waals surface area (Å²) >= 11 is 3.51. The monoisotopic (exact) mass is 332 g/mol. The maximum atomic E-state index is 13.8. The van der Waals surface area contributed by atoms with Crippen LogP contribution in [0.25, 0.3) is 0 Å². The third-order valence-electron chi connectivity index (χ3n) is 3.07. The zero-order valence-electron chi connectivity index (χ0n) is 11.3. The van der Waals surface area contributed by atoms with Gasteiger partial charge in [-0.15, -0.1) is 0 Å². The summed E-state index contributed by atoms with van der Waals surface area (Å²) in [6.07, 6.45) is 0. The predicted octanol–water partition coefficient (Wildman–Crippen LogP) is 4.69. The summed E-state index contributed by atoms with van der Waals surface area (Å²) < 4.78 is 14.8. The van der Waals surface area contributed by atoms with Crippen LogP contribution in [-0.2, 0) is 6.54 Å². The lowest BCUT2D eigenvalue weighted by Crippen LogP contribution is -2.04. The molecule has 102 valence electrons. The van der Waals surface area contributed by atoms with E-state index in [4.69, 9.17) is 5.26 Å². The maximum Gasteiger partial charge on any atom is 0.129 e. The van der Waals surface area contributed by atoms with E-state index < -0.39 is 0 Å². The van der Waals surface area contributed by atoms with Gasteiger partial charge in [0.1, 0.15) is 5.82 Å². The highest BCUT2D eigenvalue weighted by atomic mass is 79.9. The number of hydrogen-bond acceptors (Lipinski definition) is 2. The first kappa shape index (κ1) is 14.5. The van der Waals surface area contributed by atoms with Gasteiger partial charge in [0, 0.05) is 16.6 Å². The second-order valence-corrected chi connectivity index (χ2v) is 5.56. The number of aryl methyl sites for hydroxylation is 2. The molecule has 1 N–H and O–H groups in total. The highest BCUT2D eigenvalue weighted by Crippen LogP contribution is 2.28. The molecule has 2 aromatic rings. The maximum absolute atomic E-state index is 13.8. The van der Waals surface area contributed by atoms with Crippen molar-refractivity contribution < 1.29 is 4.39 Å². The summed E-state index contributed by atoms with van der Waals surface area (Å²) in [6.45, 7) is 4.41. The van der Waals surface area contributed by atoms with Crippen molar-refractivity contribution in [3.63, 3.8) is 0 Å². The molecule has 20 heavy (non-hydrogen) atoms. The summed E-state index contributed by atoms with van der Waals surface area (Å²) in [4.78, 5) is 0. The molecule has 0 fully saturated rings. The molecule has 0 aliphatic heterocycles. The smallest absolute Gasteiger partial charge is 0.129 e.